The van der Waals surface area contributed by atoms with E-state index in [1.54, 1.807) is 25.4 Å². The van der Waals surface area contributed by atoms with Crippen LogP contribution in [0.5, 0.6) is 0 Å². The molecule has 1 N–H and O–H groups in total. The molecule has 6 nitrogen and oxygen atoms in total. The summed E-state index contributed by atoms with van der Waals surface area (Å²) in [6.45, 7) is 1.37. The van der Waals surface area contributed by atoms with Gasteiger partial charge in [0, 0.05) is 19.4 Å². The molecule has 0 saturated heterocycles. The molecular formula is C9H13N3O3. The van der Waals surface area contributed by atoms with Gasteiger partial charge >= 0.3 is 5.97 Å². The lowest BCUT2D eigenvalue weighted by Crippen LogP contribution is -2.36. The number of amides is 1. The van der Waals surface area contributed by atoms with Gasteiger partial charge in [-0.05, 0) is 13.0 Å². The van der Waals surface area contributed by atoms with Crippen molar-refractivity contribution in [1.29, 1.82) is 0 Å². The van der Waals surface area contributed by atoms with Crippen LogP contribution in [0.2, 0.25) is 0 Å². The zero-order valence-electron chi connectivity index (χ0n) is 8.62. The van der Waals surface area contributed by atoms with Gasteiger partial charge in [0.15, 0.2) is 0 Å². The largest absolute Gasteiger partial charge is 0.480 e. The molecule has 0 aromatic carbocycles. The lowest BCUT2D eigenvalue weighted by Gasteiger charge is -2.19. The van der Waals surface area contributed by atoms with E-state index in [4.69, 9.17) is 5.11 Å². The molecule has 1 amide bonds. The maximum absolute atomic E-state index is 11.7. The van der Waals surface area contributed by atoms with Crippen LogP contribution >= 0.6 is 0 Å². The Labute approximate surface area is 87.1 Å². The molecule has 1 atom stereocenters. The first-order chi connectivity index (χ1) is 7.02. The van der Waals surface area contributed by atoms with Crippen LogP contribution in [0.1, 0.15) is 13.0 Å². The van der Waals surface area contributed by atoms with Crippen LogP contribution in [0.15, 0.2) is 18.5 Å². The Balaban J connectivity index is 2.64. The number of nitrogens with zero attached hydrogens (tertiary/aromatic N) is 3. The Morgan fingerprint density at radius 3 is 2.73 bits per heavy atom. The average molecular weight is 211 g/mol. The molecule has 1 rings (SSSR count). The monoisotopic (exact) mass is 211 g/mol. The summed E-state index contributed by atoms with van der Waals surface area (Å²) in [4.78, 5) is 23.2. The Morgan fingerprint density at radius 1 is 1.60 bits per heavy atom. The summed E-state index contributed by atoms with van der Waals surface area (Å²) in [5, 5.41) is 12.4. The van der Waals surface area contributed by atoms with Gasteiger partial charge in [0.25, 0.3) is 0 Å². The number of likely N-dealkylation sites (N-methyl/N-ethyl adjacent to an activating group) is 1. The van der Waals surface area contributed by atoms with Gasteiger partial charge in [0.05, 0.1) is 0 Å². The molecule has 1 aromatic heterocycles. The maximum Gasteiger partial charge on any atom is 0.323 e. The van der Waals surface area contributed by atoms with E-state index in [1.807, 2.05) is 0 Å². The minimum atomic E-state index is -1.03. The van der Waals surface area contributed by atoms with Crippen molar-refractivity contribution < 1.29 is 14.7 Å². The molecule has 6 heteroatoms. The standard InChI is InChI=1S/C9H13N3O3/c1-7(12-5-3-4-10-12)9(15)11(2)6-8(13)14/h3-5,7H,6H2,1-2H3,(H,13,14)/t7-/m1/s1. The lowest BCUT2D eigenvalue weighted by molar-refractivity contribution is -0.144. The molecular weight excluding hydrogens is 198 g/mol. The van der Waals surface area contributed by atoms with Crippen molar-refractivity contribution in [2.75, 3.05) is 13.6 Å². The quantitative estimate of drug-likeness (QED) is 0.759. The summed E-state index contributed by atoms with van der Waals surface area (Å²) < 4.78 is 1.49. The number of hydrogen-bond donors (Lipinski definition) is 1. The van der Waals surface area contributed by atoms with Gasteiger partial charge in [-0.25, -0.2) is 0 Å². The van der Waals surface area contributed by atoms with Crippen LogP contribution in [0.25, 0.3) is 0 Å². The van der Waals surface area contributed by atoms with Crippen molar-refractivity contribution in [2.24, 2.45) is 0 Å². The van der Waals surface area contributed by atoms with E-state index in [0.717, 1.165) is 4.90 Å². The minimum Gasteiger partial charge on any atom is -0.480 e. The number of aliphatic carboxylic acids is 1. The molecule has 0 aliphatic rings. The number of aromatic nitrogens is 2. The van der Waals surface area contributed by atoms with Crippen LogP contribution in [-0.4, -0.2) is 45.3 Å². The highest BCUT2D eigenvalue weighted by Crippen LogP contribution is 2.06. The molecule has 82 valence electrons. The summed E-state index contributed by atoms with van der Waals surface area (Å²) in [5.41, 5.74) is 0. The number of carbonyl (C=O) groups excluding carboxylic acids is 1. The van der Waals surface area contributed by atoms with Crippen molar-refractivity contribution in [3.05, 3.63) is 18.5 Å². The maximum atomic E-state index is 11.7. The van der Waals surface area contributed by atoms with E-state index < -0.39 is 12.0 Å². The number of carboxylic acid groups (broad SMARTS) is 1. The lowest BCUT2D eigenvalue weighted by atomic mass is 10.3. The zero-order chi connectivity index (χ0) is 11.4. The van der Waals surface area contributed by atoms with E-state index >= 15 is 0 Å². The van der Waals surface area contributed by atoms with E-state index in [0.29, 0.717) is 0 Å². The van der Waals surface area contributed by atoms with Crippen molar-refractivity contribution in [3.8, 4) is 0 Å². The summed E-state index contributed by atoms with van der Waals surface area (Å²) in [6.07, 6.45) is 3.23. The molecule has 0 aliphatic heterocycles. The molecule has 0 spiro atoms. The highest BCUT2D eigenvalue weighted by molar-refractivity contribution is 5.83. The fourth-order valence-electron chi connectivity index (χ4n) is 1.22. The van der Waals surface area contributed by atoms with E-state index in [1.165, 1.54) is 11.7 Å². The van der Waals surface area contributed by atoms with Crippen molar-refractivity contribution in [2.45, 2.75) is 13.0 Å². The smallest absolute Gasteiger partial charge is 0.323 e. The highest BCUT2D eigenvalue weighted by atomic mass is 16.4. The van der Waals surface area contributed by atoms with Crippen LogP contribution in [0.3, 0.4) is 0 Å². The second-order valence-corrected chi connectivity index (χ2v) is 3.25. The molecule has 0 bridgehead atoms. The van der Waals surface area contributed by atoms with E-state index in [9.17, 15) is 9.59 Å². The van der Waals surface area contributed by atoms with Crippen molar-refractivity contribution in [3.63, 3.8) is 0 Å². The van der Waals surface area contributed by atoms with Gasteiger partial charge in [0.2, 0.25) is 5.91 Å². The summed E-state index contributed by atoms with van der Waals surface area (Å²) >= 11 is 0. The molecule has 0 fully saturated rings. The van der Waals surface area contributed by atoms with E-state index in [2.05, 4.69) is 5.10 Å². The molecule has 1 aromatic rings. The molecule has 0 saturated carbocycles. The molecule has 15 heavy (non-hydrogen) atoms. The third-order valence-corrected chi connectivity index (χ3v) is 2.03. The first-order valence-corrected chi connectivity index (χ1v) is 4.48. The minimum absolute atomic E-state index is 0.277. The van der Waals surface area contributed by atoms with Crippen LogP contribution in [0.4, 0.5) is 0 Å². The summed E-state index contributed by atoms with van der Waals surface area (Å²) in [7, 11) is 1.45. The van der Waals surface area contributed by atoms with Crippen LogP contribution < -0.4 is 0 Å². The Hall–Kier alpha value is -1.85. The molecule has 0 unspecified atom stereocenters. The predicted octanol–water partition coefficient (Wildman–Crippen LogP) is -0.0129. The fourth-order valence-corrected chi connectivity index (χ4v) is 1.22. The number of rotatable bonds is 4. The van der Waals surface area contributed by atoms with Crippen molar-refractivity contribution >= 4 is 11.9 Å². The fraction of sp³-hybridized carbons (Fsp3) is 0.444. The normalized spacial score (nSPS) is 12.1. The Kier molecular flexibility index (Phi) is 3.43. The number of carboxylic acids is 1. The third-order valence-electron chi connectivity index (χ3n) is 2.03. The second-order valence-electron chi connectivity index (χ2n) is 3.25. The first kappa shape index (κ1) is 11.2. The first-order valence-electron chi connectivity index (χ1n) is 4.48. The van der Waals surface area contributed by atoms with Gasteiger partial charge in [-0.3, -0.25) is 14.3 Å². The average Bonchev–Trinajstić information content (AvgIpc) is 2.67. The Morgan fingerprint density at radius 2 is 2.27 bits per heavy atom. The molecule has 1 heterocycles. The van der Waals surface area contributed by atoms with Gasteiger partial charge < -0.3 is 10.0 Å². The van der Waals surface area contributed by atoms with E-state index in [-0.39, 0.29) is 12.5 Å². The second kappa shape index (κ2) is 4.59. The molecule has 0 aliphatic carbocycles. The van der Waals surface area contributed by atoms with Crippen molar-refractivity contribution in [1.82, 2.24) is 14.7 Å². The van der Waals surface area contributed by atoms with Gasteiger partial charge in [-0.2, -0.15) is 5.10 Å². The number of hydrogen-bond acceptors (Lipinski definition) is 3. The van der Waals surface area contributed by atoms with Gasteiger partial charge in [-0.15, -0.1) is 0 Å². The summed E-state index contributed by atoms with van der Waals surface area (Å²) in [5.74, 6) is -1.31. The summed E-state index contributed by atoms with van der Waals surface area (Å²) in [6, 6.07) is 1.23. The van der Waals surface area contributed by atoms with Gasteiger partial charge in [0.1, 0.15) is 12.6 Å². The van der Waals surface area contributed by atoms with Crippen LogP contribution in [-0.2, 0) is 9.59 Å². The highest BCUT2D eigenvalue weighted by Gasteiger charge is 2.20. The SMILES string of the molecule is C[C@H](C(=O)N(C)CC(=O)O)n1cccn1. The van der Waals surface area contributed by atoms with Crippen LogP contribution in [0, 0.1) is 0 Å². The zero-order valence-corrected chi connectivity index (χ0v) is 8.62. The Bertz CT molecular complexity index is 347. The van der Waals surface area contributed by atoms with Gasteiger partial charge in [-0.1, -0.05) is 0 Å². The third kappa shape index (κ3) is 2.80. The topological polar surface area (TPSA) is 75.4 Å². The molecule has 0 radical (unpaired) electrons. The number of carbonyl (C=O) groups is 2. The predicted molar refractivity (Wildman–Crippen MR) is 52.2 cm³/mol.